The average molecular weight is 539 g/mol. The van der Waals surface area contributed by atoms with Crippen molar-refractivity contribution < 1.29 is 9.59 Å². The van der Waals surface area contributed by atoms with Crippen molar-refractivity contribution in [3.8, 4) is 16.8 Å². The maximum absolute atomic E-state index is 13.7. The zero-order chi connectivity index (χ0) is 28.4. The van der Waals surface area contributed by atoms with Gasteiger partial charge in [0.15, 0.2) is 0 Å². The molecule has 1 aromatic heterocycles. The fourth-order valence-electron chi connectivity index (χ4n) is 4.76. The number of nitrogens with zero attached hydrogens (tertiary/aromatic N) is 3. The number of rotatable bonds is 6. The molecule has 0 saturated carbocycles. The lowest BCUT2D eigenvalue weighted by Crippen LogP contribution is -2.56. The summed E-state index contributed by atoms with van der Waals surface area (Å²) in [5, 5.41) is 6.84. The molecule has 204 valence electrons. The number of amides is 2. The van der Waals surface area contributed by atoms with Crippen molar-refractivity contribution in [2.75, 3.05) is 4.90 Å². The quantitative estimate of drug-likeness (QED) is 0.344. The molecule has 0 bridgehead atoms. The lowest BCUT2D eigenvalue weighted by Gasteiger charge is -2.28. The number of anilines is 1. The highest BCUT2D eigenvalue weighted by atomic mass is 16.2. The van der Waals surface area contributed by atoms with Crippen LogP contribution in [0.3, 0.4) is 0 Å². The maximum Gasteiger partial charge on any atom is 0.349 e. The van der Waals surface area contributed by atoms with Gasteiger partial charge in [0.05, 0.1) is 17.8 Å². The number of hydrogen-bond donors (Lipinski definition) is 3. The van der Waals surface area contributed by atoms with E-state index in [4.69, 9.17) is 5.73 Å². The number of aromatic nitrogens is 3. The summed E-state index contributed by atoms with van der Waals surface area (Å²) in [5.41, 5.74) is 8.50. The Morgan fingerprint density at radius 1 is 1.00 bits per heavy atom. The third-order valence-corrected chi connectivity index (χ3v) is 6.89. The molecular formula is C30H30N6O4. The summed E-state index contributed by atoms with van der Waals surface area (Å²) in [7, 11) is 0. The van der Waals surface area contributed by atoms with E-state index in [0.29, 0.717) is 25.1 Å². The van der Waals surface area contributed by atoms with Gasteiger partial charge < -0.3 is 16.0 Å². The van der Waals surface area contributed by atoms with Crippen LogP contribution in [0.4, 0.5) is 5.69 Å². The van der Waals surface area contributed by atoms with Gasteiger partial charge in [-0.05, 0) is 55.5 Å². The number of aryl methyl sites for hydroxylation is 1. The second-order valence-corrected chi connectivity index (χ2v) is 10.4. The minimum absolute atomic E-state index is 0.194. The second kappa shape index (κ2) is 10.7. The third-order valence-electron chi connectivity index (χ3n) is 6.89. The molecule has 40 heavy (non-hydrogen) atoms. The molecule has 10 nitrogen and oxygen atoms in total. The van der Waals surface area contributed by atoms with Crippen molar-refractivity contribution in [1.29, 1.82) is 0 Å². The Bertz CT molecular complexity index is 1680. The summed E-state index contributed by atoms with van der Waals surface area (Å²) < 4.78 is 1.15. The van der Waals surface area contributed by atoms with Crippen LogP contribution >= 0.6 is 0 Å². The Morgan fingerprint density at radius 2 is 1.68 bits per heavy atom. The summed E-state index contributed by atoms with van der Waals surface area (Å²) in [6, 6.07) is 22.0. The third kappa shape index (κ3) is 5.48. The van der Waals surface area contributed by atoms with Gasteiger partial charge in [0, 0.05) is 11.3 Å². The van der Waals surface area contributed by atoms with Crippen LogP contribution in [-0.2, 0) is 22.6 Å². The molecule has 1 aliphatic heterocycles. The zero-order valence-corrected chi connectivity index (χ0v) is 22.3. The second-order valence-electron chi connectivity index (χ2n) is 10.4. The zero-order valence-electron chi connectivity index (χ0n) is 22.3. The Balaban J connectivity index is 1.45. The van der Waals surface area contributed by atoms with Gasteiger partial charge in [-0.25, -0.2) is 4.79 Å². The molecule has 3 aromatic carbocycles. The van der Waals surface area contributed by atoms with Gasteiger partial charge in [0.1, 0.15) is 12.2 Å². The van der Waals surface area contributed by atoms with E-state index in [1.807, 2.05) is 60.7 Å². The number of benzene rings is 3. The van der Waals surface area contributed by atoms with Gasteiger partial charge >= 0.3 is 5.69 Å². The fraction of sp³-hybridized carbons (Fsp3) is 0.233. The molecule has 1 atom stereocenters. The van der Waals surface area contributed by atoms with E-state index < -0.39 is 22.8 Å². The van der Waals surface area contributed by atoms with Crippen molar-refractivity contribution >= 4 is 17.5 Å². The molecule has 2 heterocycles. The van der Waals surface area contributed by atoms with E-state index in [-0.39, 0.29) is 11.8 Å². The summed E-state index contributed by atoms with van der Waals surface area (Å²) >= 11 is 0. The molecule has 0 saturated heterocycles. The van der Waals surface area contributed by atoms with E-state index in [0.717, 1.165) is 38.8 Å². The smallest absolute Gasteiger partial charge is 0.343 e. The van der Waals surface area contributed by atoms with E-state index in [9.17, 15) is 19.2 Å². The summed E-state index contributed by atoms with van der Waals surface area (Å²) in [6.45, 7) is 3.52. The number of aromatic amines is 1. The number of fused-ring (bicyclic) bond motifs is 1. The van der Waals surface area contributed by atoms with Crippen molar-refractivity contribution in [1.82, 2.24) is 20.1 Å². The molecule has 0 unspecified atom stereocenters. The molecule has 4 N–H and O–H groups in total. The maximum atomic E-state index is 13.7. The number of carbonyl (C=O) groups excluding carboxylic acids is 2. The van der Waals surface area contributed by atoms with E-state index in [2.05, 4.69) is 15.4 Å². The topological polar surface area (TPSA) is 143 Å². The summed E-state index contributed by atoms with van der Waals surface area (Å²) in [4.78, 5) is 54.2. The molecule has 0 aliphatic carbocycles. The van der Waals surface area contributed by atoms with Gasteiger partial charge in [-0.2, -0.15) is 9.78 Å². The lowest BCUT2D eigenvalue weighted by molar-refractivity contribution is -0.130. The van der Waals surface area contributed by atoms with Crippen LogP contribution in [0, 0.1) is 0 Å². The van der Waals surface area contributed by atoms with Crippen LogP contribution in [0.25, 0.3) is 16.8 Å². The molecule has 4 aromatic rings. The first-order valence-corrected chi connectivity index (χ1v) is 13.0. The van der Waals surface area contributed by atoms with Gasteiger partial charge in [0.2, 0.25) is 11.8 Å². The molecule has 0 spiro atoms. The first-order chi connectivity index (χ1) is 19.1. The minimum atomic E-state index is -1.11. The van der Waals surface area contributed by atoms with Crippen LogP contribution in [0.1, 0.15) is 31.4 Å². The number of nitrogens with two attached hydrogens (primary N) is 1. The van der Waals surface area contributed by atoms with Crippen molar-refractivity contribution in [3.05, 3.63) is 111 Å². The van der Waals surface area contributed by atoms with Gasteiger partial charge in [-0.1, -0.05) is 60.7 Å². The van der Waals surface area contributed by atoms with Crippen LogP contribution in [0.5, 0.6) is 0 Å². The Labute approximate surface area is 230 Å². The van der Waals surface area contributed by atoms with Crippen molar-refractivity contribution in [2.45, 2.75) is 44.8 Å². The lowest BCUT2D eigenvalue weighted by atomic mass is 10.0. The molecule has 0 radical (unpaired) electrons. The van der Waals surface area contributed by atoms with Crippen molar-refractivity contribution in [2.24, 2.45) is 5.73 Å². The predicted octanol–water partition coefficient (Wildman–Crippen LogP) is 2.29. The Morgan fingerprint density at radius 3 is 2.38 bits per heavy atom. The first kappa shape index (κ1) is 26.8. The van der Waals surface area contributed by atoms with Gasteiger partial charge in [-0.3, -0.25) is 19.4 Å². The number of nitrogens with one attached hydrogen (secondary N) is 2. The molecule has 1 aliphatic rings. The van der Waals surface area contributed by atoms with Gasteiger partial charge in [-0.15, -0.1) is 0 Å². The molecular weight excluding hydrogens is 508 g/mol. The van der Waals surface area contributed by atoms with Crippen molar-refractivity contribution in [3.63, 3.8) is 0 Å². The van der Waals surface area contributed by atoms with E-state index in [1.165, 1.54) is 0 Å². The summed E-state index contributed by atoms with van der Waals surface area (Å²) in [6.07, 6.45) is 2.17. The van der Waals surface area contributed by atoms with Crippen LogP contribution in [0.2, 0.25) is 0 Å². The molecule has 10 heteroatoms. The fourth-order valence-corrected chi connectivity index (χ4v) is 4.76. The highest BCUT2D eigenvalue weighted by molar-refractivity contribution is 6.01. The normalized spacial score (nSPS) is 15.3. The standard InChI is InChI=1S/C30H30N6O4/c1-30(2,31)28(39)33-23-16-15-21-7-3-5-9-24(21)35(27(23)38)18-19-11-13-20(14-12-19)22-8-4-6-10-25(22)36-29(40)34-26(37)17-32-36/h3-14,17,23H,15-16,18,31H2,1-2H3,(H,33,39)(H,34,37,40)/t23-/m1/s1. The predicted molar refractivity (Wildman–Crippen MR) is 152 cm³/mol. The monoisotopic (exact) mass is 538 g/mol. The highest BCUT2D eigenvalue weighted by Crippen LogP contribution is 2.30. The average Bonchev–Trinajstić information content (AvgIpc) is 3.05. The van der Waals surface area contributed by atoms with Gasteiger partial charge in [0.25, 0.3) is 5.56 Å². The Kier molecular flexibility index (Phi) is 7.19. The molecule has 0 fully saturated rings. The first-order valence-electron chi connectivity index (χ1n) is 13.0. The molecule has 5 rings (SSSR count). The highest BCUT2D eigenvalue weighted by Gasteiger charge is 2.34. The molecule has 2 amide bonds. The van der Waals surface area contributed by atoms with Crippen LogP contribution in [0.15, 0.2) is 88.6 Å². The number of carbonyl (C=O) groups is 2. The Hall–Kier alpha value is -4.83. The summed E-state index contributed by atoms with van der Waals surface area (Å²) in [5.74, 6) is -0.573. The number of H-pyrrole nitrogens is 1. The van der Waals surface area contributed by atoms with Crippen LogP contribution in [-0.4, -0.2) is 38.2 Å². The SMILES string of the molecule is CC(C)(N)C(=O)N[C@@H]1CCc2ccccc2N(Cc2ccc(-c3ccccc3-n3ncc(=O)[nH]c3=O)cc2)C1=O. The number of para-hydroxylation sites is 2. The van der Waals surface area contributed by atoms with E-state index >= 15 is 0 Å². The van der Waals surface area contributed by atoms with Crippen LogP contribution < -0.4 is 27.2 Å². The largest absolute Gasteiger partial charge is 0.349 e. The number of hydrogen-bond acceptors (Lipinski definition) is 6. The minimum Gasteiger partial charge on any atom is -0.343 e. The van der Waals surface area contributed by atoms with E-state index in [1.54, 1.807) is 30.9 Å².